The Morgan fingerprint density at radius 2 is 1.93 bits per heavy atom. The van der Waals surface area contributed by atoms with Gasteiger partial charge in [-0.15, -0.1) is 12.4 Å². The quantitative estimate of drug-likeness (QED) is 0.555. The molecule has 2 fully saturated rings. The Labute approximate surface area is 177 Å². The average Bonchev–Trinajstić information content (AvgIpc) is 3.10. The monoisotopic (exact) mass is 418 g/mol. The first kappa shape index (κ1) is 21.7. The average molecular weight is 419 g/mol. The van der Waals surface area contributed by atoms with E-state index in [1.165, 1.54) is 12.1 Å². The first-order valence-electron chi connectivity index (χ1n) is 10.0. The molecular formula is C22H28ClFN4O. The number of nitrogens with one attached hydrogen (secondary N) is 4. The number of hydrogen-bond acceptors (Lipinski definition) is 4. The molecule has 1 saturated carbocycles. The van der Waals surface area contributed by atoms with E-state index in [-0.39, 0.29) is 36.1 Å². The highest BCUT2D eigenvalue weighted by atomic mass is 35.5. The third-order valence-electron chi connectivity index (χ3n) is 5.73. The van der Waals surface area contributed by atoms with Crippen LogP contribution < -0.4 is 21.5 Å². The summed E-state index contributed by atoms with van der Waals surface area (Å²) in [4.78, 5) is 12.1. The van der Waals surface area contributed by atoms with Crippen molar-refractivity contribution in [2.45, 2.75) is 31.8 Å². The van der Waals surface area contributed by atoms with E-state index in [0.29, 0.717) is 5.92 Å². The topological polar surface area (TPSA) is 65.2 Å². The first-order chi connectivity index (χ1) is 13.7. The summed E-state index contributed by atoms with van der Waals surface area (Å²) in [5.74, 6) is 0.481. The van der Waals surface area contributed by atoms with Gasteiger partial charge in [0.1, 0.15) is 5.82 Å². The highest BCUT2D eigenvalue weighted by Gasteiger charge is 2.28. The van der Waals surface area contributed by atoms with E-state index in [1.54, 1.807) is 0 Å². The fourth-order valence-electron chi connectivity index (χ4n) is 3.83. The molecule has 4 N–H and O–H groups in total. The molecule has 2 aromatic carbocycles. The minimum Gasteiger partial charge on any atom is -0.326 e. The Kier molecular flexibility index (Phi) is 7.61. The number of amides is 1. The number of anilines is 1. The molecule has 0 radical (unpaired) electrons. The molecule has 5 nitrogen and oxygen atoms in total. The minimum atomic E-state index is -0.214. The second-order valence-electron chi connectivity index (χ2n) is 7.76. The summed E-state index contributed by atoms with van der Waals surface area (Å²) in [6.45, 7) is 2.42. The van der Waals surface area contributed by atoms with Gasteiger partial charge in [0, 0.05) is 37.2 Å². The van der Waals surface area contributed by atoms with Gasteiger partial charge in [0.05, 0.1) is 6.04 Å². The van der Waals surface area contributed by atoms with Gasteiger partial charge in [0.25, 0.3) is 0 Å². The van der Waals surface area contributed by atoms with Crippen LogP contribution in [0.1, 0.15) is 36.4 Å². The fourth-order valence-corrected chi connectivity index (χ4v) is 3.83. The minimum absolute atomic E-state index is 0. The highest BCUT2D eigenvalue weighted by Crippen LogP contribution is 2.28. The maximum atomic E-state index is 13.2. The number of carbonyl (C=O) groups excluding carboxylic acids is 1. The number of hydrazine groups is 1. The van der Waals surface area contributed by atoms with Gasteiger partial charge in [0.15, 0.2) is 0 Å². The van der Waals surface area contributed by atoms with Gasteiger partial charge >= 0.3 is 0 Å². The summed E-state index contributed by atoms with van der Waals surface area (Å²) in [5, 5.41) is 6.55. The molecule has 1 heterocycles. The van der Waals surface area contributed by atoms with Crippen LogP contribution in [0.3, 0.4) is 0 Å². The smallest absolute Gasteiger partial charge is 0.227 e. The summed E-state index contributed by atoms with van der Waals surface area (Å²) in [5.41, 5.74) is 9.58. The van der Waals surface area contributed by atoms with Crippen LogP contribution in [0.4, 0.5) is 10.1 Å². The van der Waals surface area contributed by atoms with Crippen LogP contribution in [0.2, 0.25) is 0 Å². The van der Waals surface area contributed by atoms with Gasteiger partial charge in [0.2, 0.25) is 5.91 Å². The van der Waals surface area contributed by atoms with Crippen molar-refractivity contribution >= 4 is 24.0 Å². The van der Waals surface area contributed by atoms with Crippen LogP contribution in [0.5, 0.6) is 0 Å². The molecule has 1 saturated heterocycles. The molecule has 2 atom stereocenters. The van der Waals surface area contributed by atoms with Crippen molar-refractivity contribution in [3.8, 4) is 0 Å². The van der Waals surface area contributed by atoms with Gasteiger partial charge in [-0.05, 0) is 48.2 Å². The van der Waals surface area contributed by atoms with E-state index < -0.39 is 0 Å². The van der Waals surface area contributed by atoms with Crippen molar-refractivity contribution in [1.82, 2.24) is 16.2 Å². The van der Waals surface area contributed by atoms with Crippen molar-refractivity contribution in [2.75, 3.05) is 18.4 Å². The molecule has 4 rings (SSSR count). The van der Waals surface area contributed by atoms with Gasteiger partial charge < -0.3 is 10.6 Å². The van der Waals surface area contributed by atoms with E-state index >= 15 is 0 Å². The van der Waals surface area contributed by atoms with Crippen LogP contribution in [0.25, 0.3) is 0 Å². The standard InChI is InChI=1S/C22H27FN4O.ClH/c23-19-9-7-16(8-10-19)21-18(14-25-27-21)13-24-12-15-3-1-6-20(11-15)26-22(28)17-4-2-5-17;/h1,3,6-11,17-18,21,24-25,27H,2,4-5,12-14H2,(H,26,28);1H. The molecule has 29 heavy (non-hydrogen) atoms. The normalized spacial score (nSPS) is 21.3. The predicted octanol–water partition coefficient (Wildman–Crippen LogP) is 3.54. The molecule has 1 aliphatic heterocycles. The van der Waals surface area contributed by atoms with E-state index in [0.717, 1.165) is 55.7 Å². The molecule has 0 bridgehead atoms. The Balaban J connectivity index is 0.00000240. The number of hydrogen-bond donors (Lipinski definition) is 4. The first-order valence-corrected chi connectivity index (χ1v) is 10.0. The highest BCUT2D eigenvalue weighted by molar-refractivity contribution is 5.93. The van der Waals surface area contributed by atoms with Crippen molar-refractivity contribution in [1.29, 1.82) is 0 Å². The molecule has 7 heteroatoms. The fraction of sp³-hybridized carbons (Fsp3) is 0.409. The number of carbonyl (C=O) groups is 1. The maximum Gasteiger partial charge on any atom is 0.227 e. The van der Waals surface area contributed by atoms with Crippen LogP contribution in [-0.4, -0.2) is 19.0 Å². The SMILES string of the molecule is Cl.O=C(Nc1cccc(CNCC2CNNC2c2ccc(F)cc2)c1)C1CCC1. The lowest BCUT2D eigenvalue weighted by atomic mass is 9.85. The van der Waals surface area contributed by atoms with Gasteiger partial charge in [-0.3, -0.25) is 10.2 Å². The zero-order valence-electron chi connectivity index (χ0n) is 16.3. The van der Waals surface area contributed by atoms with E-state index in [2.05, 4.69) is 27.6 Å². The predicted molar refractivity (Wildman–Crippen MR) is 115 cm³/mol. The lowest BCUT2D eigenvalue weighted by Crippen LogP contribution is -2.29. The van der Waals surface area contributed by atoms with Crippen molar-refractivity contribution < 1.29 is 9.18 Å². The molecule has 1 aliphatic carbocycles. The van der Waals surface area contributed by atoms with Gasteiger partial charge in [-0.1, -0.05) is 30.7 Å². The maximum absolute atomic E-state index is 13.2. The van der Waals surface area contributed by atoms with Crippen LogP contribution in [0, 0.1) is 17.7 Å². The Hall–Kier alpha value is -1.99. The third kappa shape index (κ3) is 5.54. The van der Waals surface area contributed by atoms with E-state index in [4.69, 9.17) is 0 Å². The summed E-state index contributed by atoms with van der Waals surface area (Å²) in [7, 11) is 0. The molecule has 0 spiro atoms. The van der Waals surface area contributed by atoms with Crippen molar-refractivity contribution in [3.05, 3.63) is 65.5 Å². The second kappa shape index (κ2) is 10.2. The Bertz CT molecular complexity index is 813. The molecule has 1 amide bonds. The second-order valence-corrected chi connectivity index (χ2v) is 7.76. The summed E-state index contributed by atoms with van der Waals surface area (Å²) >= 11 is 0. The zero-order chi connectivity index (χ0) is 19.3. The Morgan fingerprint density at radius 3 is 2.66 bits per heavy atom. The molecule has 2 unspecified atom stereocenters. The molecule has 0 aromatic heterocycles. The number of benzene rings is 2. The lowest BCUT2D eigenvalue weighted by molar-refractivity contribution is -0.122. The lowest BCUT2D eigenvalue weighted by Gasteiger charge is -2.24. The van der Waals surface area contributed by atoms with Crippen LogP contribution >= 0.6 is 12.4 Å². The zero-order valence-corrected chi connectivity index (χ0v) is 17.1. The van der Waals surface area contributed by atoms with Gasteiger partial charge in [-0.2, -0.15) is 0 Å². The molecule has 156 valence electrons. The number of rotatable bonds is 7. The van der Waals surface area contributed by atoms with E-state index in [1.807, 2.05) is 30.3 Å². The van der Waals surface area contributed by atoms with Gasteiger partial charge in [-0.25, -0.2) is 9.82 Å². The van der Waals surface area contributed by atoms with E-state index in [9.17, 15) is 9.18 Å². The molecule has 2 aliphatic rings. The third-order valence-corrected chi connectivity index (χ3v) is 5.73. The number of halogens is 2. The summed E-state index contributed by atoms with van der Waals surface area (Å²) < 4.78 is 13.2. The van der Waals surface area contributed by atoms with Crippen LogP contribution in [-0.2, 0) is 11.3 Å². The summed E-state index contributed by atoms with van der Waals surface area (Å²) in [6, 6.07) is 14.8. The van der Waals surface area contributed by atoms with Crippen molar-refractivity contribution in [2.24, 2.45) is 11.8 Å². The Morgan fingerprint density at radius 1 is 1.14 bits per heavy atom. The molecular weight excluding hydrogens is 391 g/mol. The van der Waals surface area contributed by atoms with Crippen LogP contribution in [0.15, 0.2) is 48.5 Å². The summed E-state index contributed by atoms with van der Waals surface area (Å²) in [6.07, 6.45) is 3.17. The largest absolute Gasteiger partial charge is 0.326 e. The molecule has 2 aromatic rings. The van der Waals surface area contributed by atoms with Crippen molar-refractivity contribution in [3.63, 3.8) is 0 Å².